The number of carbonyl (C=O) groups excluding carboxylic acids is 2. The molecule has 2 amide bonds. The van der Waals surface area contributed by atoms with E-state index < -0.39 is 0 Å². The van der Waals surface area contributed by atoms with E-state index in [0.717, 1.165) is 28.1 Å². The summed E-state index contributed by atoms with van der Waals surface area (Å²) in [6, 6.07) is 19.3. The fraction of sp³-hybridized carbons (Fsp3) is 0.500. The Morgan fingerprint density at radius 3 is 1.59 bits per heavy atom. The van der Waals surface area contributed by atoms with E-state index in [-0.39, 0.29) is 63.8 Å². The Balaban J connectivity index is 0.000000978. The first-order valence-corrected chi connectivity index (χ1v) is 20.2. The Morgan fingerprint density at radius 2 is 1.17 bits per heavy atom. The van der Waals surface area contributed by atoms with E-state index in [1.54, 1.807) is 0 Å². The molecule has 0 radical (unpaired) electrons. The van der Waals surface area contributed by atoms with Crippen molar-refractivity contribution in [2.45, 2.75) is 146 Å². The number of nitrogens with one attached hydrogen (secondary N) is 4. The van der Waals surface area contributed by atoms with E-state index >= 15 is 0 Å². The topological polar surface area (TPSA) is 273 Å². The minimum absolute atomic E-state index is 0. The number of hydrogen-bond acceptors (Lipinski definition) is 14. The minimum Gasteiger partial charge on any atom is -0.444 e. The van der Waals surface area contributed by atoms with Crippen LogP contribution in [0.5, 0.6) is 0 Å². The maximum atomic E-state index is 11.7. The van der Waals surface area contributed by atoms with Crippen molar-refractivity contribution >= 4 is 51.9 Å². The maximum absolute atomic E-state index is 11.7. The minimum atomic E-state index is -0.272. The van der Waals surface area contributed by atoms with E-state index in [1.807, 2.05) is 84.0 Å². The molecule has 0 unspecified atom stereocenters. The van der Waals surface area contributed by atoms with Gasteiger partial charge in [-0.15, -0.1) is 15.6 Å². The summed E-state index contributed by atoms with van der Waals surface area (Å²) in [5, 5.41) is 55.0. The van der Waals surface area contributed by atoms with Crippen molar-refractivity contribution in [3.63, 3.8) is 0 Å². The molecule has 2 heterocycles. The monoisotopic (exact) mass is 877 g/mol. The SMILES string of the molecule is CC(=O)Nc1cc(N(C(C)C)C(C)C)ccc1N=Nc1n[nH]c(C(C)(C)C)c1C#N.CC(=O)Nc1cccc(N(C(C)C)C(C)C)c1.CC(C)(C)c1[nH]nc(N)c1C#N.O=N[O-].[Na+]. The van der Waals surface area contributed by atoms with E-state index in [4.69, 9.17) is 21.1 Å². The second-order valence-corrected chi connectivity index (χ2v) is 17.5. The Morgan fingerprint density at radius 1 is 0.730 bits per heavy atom. The van der Waals surface area contributed by atoms with Crippen molar-refractivity contribution in [1.29, 1.82) is 10.5 Å². The van der Waals surface area contributed by atoms with Crippen LogP contribution in [0.2, 0.25) is 0 Å². The van der Waals surface area contributed by atoms with Gasteiger partial charge in [-0.2, -0.15) is 20.7 Å². The summed E-state index contributed by atoms with van der Waals surface area (Å²) in [5.41, 5.74) is 11.4. The molecule has 0 atom stereocenters. The molecule has 63 heavy (non-hydrogen) atoms. The number of aromatic amines is 2. The standard InChI is InChI=1S/C22H31N7O.C14H22N2O.C8H12N4.HNO2.Na/c1-13(2)29(14(3)4)16-9-10-18(19(11-16)24-15(5)30)25-27-21-17(12-23)20(26-28-21)22(6,7)8;1-10(2)16(11(3)4)14-8-6-7-13(9-14)15-12(5)17;1-8(2,3)6-5(4-9)7(10)12-11-6;2-1-3;/h9-11,13-14H,1-8H3,(H,24,30)(H,26,28);6-11H,1-5H3,(H,15,17);1-3H3,(H3,10,11,12);(H,2,3);/q;;;;+1/p-1. The van der Waals surface area contributed by atoms with Crippen LogP contribution in [-0.2, 0) is 20.4 Å². The average Bonchev–Trinajstić information content (AvgIpc) is 3.74. The second-order valence-electron chi connectivity index (χ2n) is 17.5. The summed E-state index contributed by atoms with van der Waals surface area (Å²) >= 11 is 0. The van der Waals surface area contributed by atoms with Gasteiger partial charge in [-0.05, 0) is 91.8 Å². The van der Waals surface area contributed by atoms with Gasteiger partial charge in [0.15, 0.2) is 5.82 Å². The van der Waals surface area contributed by atoms with Gasteiger partial charge in [0.2, 0.25) is 17.6 Å². The van der Waals surface area contributed by atoms with Gasteiger partial charge in [-0.1, -0.05) is 47.6 Å². The van der Waals surface area contributed by atoms with Gasteiger partial charge in [0.05, 0.1) is 17.1 Å². The molecule has 0 aliphatic rings. The fourth-order valence-corrected chi connectivity index (χ4v) is 6.56. The van der Waals surface area contributed by atoms with E-state index in [0.29, 0.717) is 52.4 Å². The number of carbonyl (C=O) groups is 2. The largest absolute Gasteiger partial charge is 1.00 e. The molecule has 0 fully saturated rings. The molecule has 4 aromatic rings. The van der Waals surface area contributed by atoms with Gasteiger partial charge >= 0.3 is 29.6 Å². The van der Waals surface area contributed by atoms with Crippen molar-refractivity contribution in [2.75, 3.05) is 26.2 Å². The first-order chi connectivity index (χ1) is 28.7. The third-order valence-electron chi connectivity index (χ3n) is 8.80. The number of benzene rings is 2. The molecule has 4 rings (SSSR count). The molecule has 0 saturated heterocycles. The quantitative estimate of drug-likeness (QED) is 0.0458. The molecule has 336 valence electrons. The molecular weight excluding hydrogens is 812 g/mol. The fourth-order valence-electron chi connectivity index (χ4n) is 6.56. The zero-order valence-electron chi connectivity index (χ0n) is 40.1. The average molecular weight is 877 g/mol. The normalized spacial score (nSPS) is 10.9. The number of nitrogen functional groups attached to an aromatic ring is 1. The summed E-state index contributed by atoms with van der Waals surface area (Å²) in [7, 11) is 0. The summed E-state index contributed by atoms with van der Waals surface area (Å²) in [4.78, 5) is 35.4. The van der Waals surface area contributed by atoms with Crippen molar-refractivity contribution in [3.05, 3.63) is 75.1 Å². The van der Waals surface area contributed by atoms with Crippen LogP contribution in [0.4, 0.5) is 40.1 Å². The molecule has 0 spiro atoms. The van der Waals surface area contributed by atoms with Gasteiger partial charge in [0.1, 0.15) is 29.0 Å². The van der Waals surface area contributed by atoms with Crippen molar-refractivity contribution < 1.29 is 39.1 Å². The molecule has 6 N–H and O–H groups in total. The predicted octanol–water partition coefficient (Wildman–Crippen LogP) is 7.26. The van der Waals surface area contributed by atoms with Crippen molar-refractivity contribution in [2.24, 2.45) is 15.6 Å². The third-order valence-corrected chi connectivity index (χ3v) is 8.80. The van der Waals surface area contributed by atoms with Crippen LogP contribution in [0.3, 0.4) is 0 Å². The number of nitrogens with two attached hydrogens (primary N) is 1. The van der Waals surface area contributed by atoms with Crippen LogP contribution in [0.25, 0.3) is 0 Å². The third kappa shape index (κ3) is 17.8. The van der Waals surface area contributed by atoms with E-state index in [2.05, 4.69) is 119 Å². The molecule has 0 aliphatic carbocycles. The number of H-pyrrole nitrogens is 2. The van der Waals surface area contributed by atoms with Crippen LogP contribution in [0.15, 0.2) is 58.0 Å². The number of hydrogen-bond donors (Lipinski definition) is 5. The van der Waals surface area contributed by atoms with Gasteiger partial charge in [-0.25, -0.2) is 0 Å². The number of aromatic nitrogens is 4. The van der Waals surface area contributed by atoms with E-state index in [1.165, 1.54) is 13.8 Å². The first kappa shape index (κ1) is 57.2. The molecule has 2 aromatic carbocycles. The first-order valence-electron chi connectivity index (χ1n) is 20.2. The number of amides is 2. The Hall–Kier alpha value is -5.82. The number of nitrogens with zero attached hydrogens (tertiary/aromatic N) is 9. The zero-order chi connectivity index (χ0) is 47.7. The van der Waals surface area contributed by atoms with Gasteiger partial charge < -0.3 is 36.3 Å². The Kier molecular flexibility index (Phi) is 23.6. The number of rotatable bonds is 10. The molecule has 0 aliphatic heterocycles. The number of nitriles is 2. The van der Waals surface area contributed by atoms with Gasteiger partial charge in [0.25, 0.3) is 0 Å². The smallest absolute Gasteiger partial charge is 0.444 e. The second kappa shape index (κ2) is 26.0. The Labute approximate surface area is 394 Å². The summed E-state index contributed by atoms with van der Waals surface area (Å²) < 4.78 is 0. The van der Waals surface area contributed by atoms with E-state index in [9.17, 15) is 14.9 Å². The molecule has 0 saturated carbocycles. The Bertz CT molecular complexity index is 2180. The molecule has 0 bridgehead atoms. The summed E-state index contributed by atoms with van der Waals surface area (Å²) in [5.74, 6) is 0.272. The number of anilines is 5. The molecule has 19 heteroatoms. The summed E-state index contributed by atoms with van der Waals surface area (Å²) in [6.45, 7) is 32.1. The van der Waals surface area contributed by atoms with Gasteiger partial charge in [-0.3, -0.25) is 19.8 Å². The van der Waals surface area contributed by atoms with Gasteiger partial charge in [0, 0.05) is 65.9 Å². The van der Waals surface area contributed by atoms with Crippen LogP contribution in [0, 0.1) is 32.8 Å². The van der Waals surface area contributed by atoms with Crippen LogP contribution >= 0.6 is 0 Å². The predicted molar refractivity (Wildman–Crippen MR) is 249 cm³/mol. The summed E-state index contributed by atoms with van der Waals surface area (Å²) in [6.07, 6.45) is 0. The van der Waals surface area contributed by atoms with Crippen LogP contribution in [0.1, 0.15) is 133 Å². The molecule has 2 aromatic heterocycles. The number of azo groups is 1. The van der Waals surface area contributed by atoms with Crippen LogP contribution < -0.4 is 55.7 Å². The zero-order valence-corrected chi connectivity index (χ0v) is 42.1. The maximum Gasteiger partial charge on any atom is 1.00 e. The van der Waals surface area contributed by atoms with Crippen LogP contribution in [-0.4, -0.2) is 56.4 Å². The molecule has 18 nitrogen and oxygen atoms in total. The van der Waals surface area contributed by atoms with Crippen molar-refractivity contribution in [1.82, 2.24) is 20.4 Å². The van der Waals surface area contributed by atoms with Crippen molar-refractivity contribution in [3.8, 4) is 12.1 Å². The molecular formula is C44H65N14NaO4.